The molecule has 0 aromatic heterocycles. The van der Waals surface area contributed by atoms with Crippen LogP contribution in [0.3, 0.4) is 0 Å². The molecule has 0 N–H and O–H groups in total. The van der Waals surface area contributed by atoms with Gasteiger partial charge in [0.2, 0.25) is 0 Å². The van der Waals surface area contributed by atoms with E-state index < -0.39 is 0 Å². The van der Waals surface area contributed by atoms with Crippen LogP contribution in [0.15, 0.2) is 18.2 Å². The normalized spacial score (nSPS) is 19.5. The number of halogens is 3. The maximum atomic E-state index is 6.25. The zero-order valence-electron chi connectivity index (χ0n) is 10.5. The number of rotatable bonds is 3. The van der Waals surface area contributed by atoms with Crippen molar-refractivity contribution in [2.45, 2.75) is 49.8 Å². The molecule has 1 unspecified atom stereocenters. The highest BCUT2D eigenvalue weighted by atomic mass is 79.9. The van der Waals surface area contributed by atoms with Gasteiger partial charge in [0.05, 0.1) is 0 Å². The Morgan fingerprint density at radius 2 is 1.78 bits per heavy atom. The topological polar surface area (TPSA) is 0 Å². The number of alkyl halides is 1. The highest BCUT2D eigenvalue weighted by Crippen LogP contribution is 2.39. The second-order valence-corrected chi connectivity index (χ2v) is 7.18. The molecule has 2 rings (SSSR count). The van der Waals surface area contributed by atoms with Crippen LogP contribution in [0.1, 0.15) is 55.3 Å². The Balaban J connectivity index is 2.01. The van der Waals surface area contributed by atoms with Crippen LogP contribution >= 0.6 is 39.1 Å². The average molecular weight is 350 g/mol. The molecule has 0 heterocycles. The molecule has 0 radical (unpaired) electrons. The second-order valence-electron chi connectivity index (χ2n) is 5.23. The van der Waals surface area contributed by atoms with Gasteiger partial charge >= 0.3 is 0 Å². The minimum Gasteiger partial charge on any atom is -0.0843 e. The largest absolute Gasteiger partial charge is 0.0843 e. The minimum absolute atomic E-state index is 0.326. The smallest absolute Gasteiger partial charge is 0.0450 e. The molecule has 1 aliphatic carbocycles. The Hall–Kier alpha value is 0.280. The van der Waals surface area contributed by atoms with Crippen molar-refractivity contribution in [2.75, 3.05) is 0 Å². The summed E-state index contributed by atoms with van der Waals surface area (Å²) >= 11 is 16.1. The second kappa shape index (κ2) is 7.17. The summed E-state index contributed by atoms with van der Waals surface area (Å²) in [6.45, 7) is 0. The van der Waals surface area contributed by atoms with E-state index in [1.165, 1.54) is 44.9 Å². The fraction of sp³-hybridized carbons (Fsp3) is 0.600. The molecule has 1 aliphatic rings. The summed E-state index contributed by atoms with van der Waals surface area (Å²) in [5, 5.41) is 1.58. The van der Waals surface area contributed by atoms with Gasteiger partial charge in [-0.2, -0.15) is 0 Å². The first-order chi connectivity index (χ1) is 8.66. The molecular formula is C15H19BrCl2. The molecule has 1 aromatic carbocycles. The standard InChI is InChI=1S/C15H19BrCl2/c16-14(9-11-5-3-1-2-4-6-11)13-10-12(17)7-8-15(13)18/h7-8,10-11,14H,1-6,9H2. The Morgan fingerprint density at radius 1 is 1.11 bits per heavy atom. The minimum atomic E-state index is 0.326. The van der Waals surface area contributed by atoms with E-state index in [2.05, 4.69) is 15.9 Å². The fourth-order valence-electron chi connectivity index (χ4n) is 2.77. The molecule has 1 saturated carbocycles. The van der Waals surface area contributed by atoms with Crippen LogP contribution in [0.25, 0.3) is 0 Å². The van der Waals surface area contributed by atoms with E-state index in [4.69, 9.17) is 23.2 Å². The van der Waals surface area contributed by atoms with Gasteiger partial charge in [-0.15, -0.1) is 0 Å². The van der Waals surface area contributed by atoms with Gasteiger partial charge in [-0.1, -0.05) is 77.7 Å². The van der Waals surface area contributed by atoms with Crippen LogP contribution in [0, 0.1) is 5.92 Å². The molecule has 18 heavy (non-hydrogen) atoms. The van der Waals surface area contributed by atoms with Gasteiger partial charge in [-0.05, 0) is 36.1 Å². The predicted molar refractivity (Wildman–Crippen MR) is 83.9 cm³/mol. The summed E-state index contributed by atoms with van der Waals surface area (Å²) < 4.78 is 0. The molecule has 100 valence electrons. The third kappa shape index (κ3) is 4.15. The summed E-state index contributed by atoms with van der Waals surface area (Å²) in [5.74, 6) is 0.826. The van der Waals surface area contributed by atoms with Crippen molar-refractivity contribution >= 4 is 39.1 Å². The molecule has 0 saturated heterocycles. The van der Waals surface area contributed by atoms with Crippen molar-refractivity contribution in [2.24, 2.45) is 5.92 Å². The van der Waals surface area contributed by atoms with E-state index in [1.807, 2.05) is 18.2 Å². The Kier molecular flexibility index (Phi) is 5.85. The fourth-order valence-corrected chi connectivity index (χ4v) is 4.24. The molecule has 0 amide bonds. The lowest BCUT2D eigenvalue weighted by Gasteiger charge is -2.19. The summed E-state index contributed by atoms with van der Waals surface area (Å²) in [7, 11) is 0. The molecule has 1 fully saturated rings. The molecule has 0 nitrogen and oxygen atoms in total. The first-order valence-electron chi connectivity index (χ1n) is 6.76. The van der Waals surface area contributed by atoms with Crippen LogP contribution < -0.4 is 0 Å². The highest BCUT2D eigenvalue weighted by Gasteiger charge is 2.19. The van der Waals surface area contributed by atoms with Crippen molar-refractivity contribution in [1.82, 2.24) is 0 Å². The summed E-state index contributed by atoms with van der Waals surface area (Å²) in [4.78, 5) is 0.326. The number of hydrogen-bond donors (Lipinski definition) is 0. The molecular weight excluding hydrogens is 331 g/mol. The quantitative estimate of drug-likeness (QED) is 0.416. The van der Waals surface area contributed by atoms with Crippen LogP contribution in [0.4, 0.5) is 0 Å². The zero-order valence-corrected chi connectivity index (χ0v) is 13.6. The number of benzene rings is 1. The SMILES string of the molecule is Clc1ccc(Cl)c(C(Br)CC2CCCCCC2)c1. The van der Waals surface area contributed by atoms with E-state index in [9.17, 15) is 0 Å². The summed E-state index contributed by atoms with van der Waals surface area (Å²) in [6.07, 6.45) is 9.46. The van der Waals surface area contributed by atoms with Crippen molar-refractivity contribution in [3.8, 4) is 0 Å². The van der Waals surface area contributed by atoms with Gasteiger partial charge in [-0.3, -0.25) is 0 Å². The molecule has 0 spiro atoms. The van der Waals surface area contributed by atoms with Crippen LogP contribution in [-0.4, -0.2) is 0 Å². The van der Waals surface area contributed by atoms with Gasteiger partial charge in [0.1, 0.15) is 0 Å². The molecule has 0 aliphatic heterocycles. The first kappa shape index (κ1) is 14.7. The van der Waals surface area contributed by atoms with Gasteiger partial charge < -0.3 is 0 Å². The van der Waals surface area contributed by atoms with Gasteiger partial charge in [-0.25, -0.2) is 0 Å². The van der Waals surface area contributed by atoms with Crippen molar-refractivity contribution < 1.29 is 0 Å². The van der Waals surface area contributed by atoms with E-state index in [0.29, 0.717) is 4.83 Å². The van der Waals surface area contributed by atoms with Gasteiger partial charge in [0.25, 0.3) is 0 Å². The van der Waals surface area contributed by atoms with E-state index >= 15 is 0 Å². The average Bonchev–Trinajstić information content (AvgIpc) is 2.61. The lowest BCUT2D eigenvalue weighted by atomic mass is 9.93. The van der Waals surface area contributed by atoms with Crippen molar-refractivity contribution in [3.05, 3.63) is 33.8 Å². The van der Waals surface area contributed by atoms with Gasteiger partial charge in [0.15, 0.2) is 0 Å². The summed E-state index contributed by atoms with van der Waals surface area (Å²) in [6, 6.07) is 5.72. The first-order valence-corrected chi connectivity index (χ1v) is 8.43. The molecule has 0 bridgehead atoms. The lowest BCUT2D eigenvalue weighted by Crippen LogP contribution is -2.03. The van der Waals surface area contributed by atoms with E-state index in [1.54, 1.807) is 0 Å². The predicted octanol–water partition coefficient (Wildman–Crippen LogP) is 6.79. The van der Waals surface area contributed by atoms with E-state index in [-0.39, 0.29) is 0 Å². The van der Waals surface area contributed by atoms with E-state index in [0.717, 1.165) is 21.5 Å². The van der Waals surface area contributed by atoms with Gasteiger partial charge in [0, 0.05) is 14.9 Å². The Morgan fingerprint density at radius 3 is 2.44 bits per heavy atom. The van der Waals surface area contributed by atoms with Crippen molar-refractivity contribution in [3.63, 3.8) is 0 Å². The molecule has 3 heteroatoms. The third-order valence-corrected chi connectivity index (χ3v) is 5.26. The maximum absolute atomic E-state index is 6.25. The Labute approximate surface area is 128 Å². The molecule has 1 aromatic rings. The van der Waals surface area contributed by atoms with Crippen LogP contribution in [0.5, 0.6) is 0 Å². The maximum Gasteiger partial charge on any atom is 0.0450 e. The highest BCUT2D eigenvalue weighted by molar-refractivity contribution is 9.09. The lowest BCUT2D eigenvalue weighted by molar-refractivity contribution is 0.427. The molecule has 1 atom stereocenters. The third-order valence-electron chi connectivity index (χ3n) is 3.81. The number of hydrogen-bond acceptors (Lipinski definition) is 0. The monoisotopic (exact) mass is 348 g/mol. The van der Waals surface area contributed by atoms with Crippen molar-refractivity contribution in [1.29, 1.82) is 0 Å². The summed E-state index contributed by atoms with van der Waals surface area (Å²) in [5.41, 5.74) is 1.13. The zero-order chi connectivity index (χ0) is 13.0. The van der Waals surface area contributed by atoms with Crippen LogP contribution in [-0.2, 0) is 0 Å². The van der Waals surface area contributed by atoms with Crippen LogP contribution in [0.2, 0.25) is 10.0 Å². The Bertz CT molecular complexity index is 384.